The minimum atomic E-state index is -4.56. The summed E-state index contributed by atoms with van der Waals surface area (Å²) in [4.78, 5) is 27.8. The van der Waals surface area contributed by atoms with Crippen molar-refractivity contribution in [2.24, 2.45) is 10.8 Å². The molecule has 2 saturated heterocycles. The predicted octanol–water partition coefficient (Wildman–Crippen LogP) is 3.26. The van der Waals surface area contributed by atoms with Gasteiger partial charge in [-0.2, -0.15) is 18.3 Å². The molecule has 0 bridgehead atoms. The van der Waals surface area contributed by atoms with E-state index in [2.05, 4.69) is 20.1 Å². The highest BCUT2D eigenvalue weighted by atomic mass is 19.4. The number of hydrogen-bond donors (Lipinski definition) is 0. The van der Waals surface area contributed by atoms with E-state index in [9.17, 15) is 18.0 Å². The summed E-state index contributed by atoms with van der Waals surface area (Å²) in [6.07, 6.45) is 5.44. The number of rotatable bonds is 4. The Morgan fingerprint density at radius 1 is 0.943 bits per heavy atom. The number of halogens is 3. The zero-order valence-corrected chi connectivity index (χ0v) is 19.1. The first-order valence-corrected chi connectivity index (χ1v) is 12.2. The molecule has 0 N–H and O–H groups in total. The molecule has 0 unspecified atom stereocenters. The SMILES string of the molecule is O=C(N1CC2(CC(Oc3cnc(C(F)(F)F)nc3)C2)C1)N1CC2(CC(n3cnc(C4CC4)n3)C2)C1. The van der Waals surface area contributed by atoms with Crippen molar-refractivity contribution in [1.29, 1.82) is 0 Å². The summed E-state index contributed by atoms with van der Waals surface area (Å²) in [5.41, 5.74) is 0.317. The Balaban J connectivity index is 0.840. The molecule has 186 valence electrons. The summed E-state index contributed by atoms with van der Waals surface area (Å²) in [5, 5.41) is 4.66. The van der Waals surface area contributed by atoms with Gasteiger partial charge in [0, 0.05) is 42.9 Å². The lowest BCUT2D eigenvalue weighted by molar-refractivity contribution is -0.145. The van der Waals surface area contributed by atoms with Gasteiger partial charge in [0.25, 0.3) is 0 Å². The van der Waals surface area contributed by atoms with Gasteiger partial charge in [-0.3, -0.25) is 0 Å². The summed E-state index contributed by atoms with van der Waals surface area (Å²) in [6.45, 7) is 3.06. The number of amides is 2. The minimum Gasteiger partial charge on any atom is -0.487 e. The first kappa shape index (κ1) is 21.4. The Bertz CT molecular complexity index is 1130. The van der Waals surface area contributed by atoms with Crippen LogP contribution >= 0.6 is 0 Å². The highest BCUT2D eigenvalue weighted by molar-refractivity contribution is 5.77. The van der Waals surface area contributed by atoms with Crippen molar-refractivity contribution in [2.75, 3.05) is 26.2 Å². The van der Waals surface area contributed by atoms with Crippen LogP contribution in [0.2, 0.25) is 0 Å². The van der Waals surface area contributed by atoms with Crippen molar-refractivity contribution in [3.63, 3.8) is 0 Å². The van der Waals surface area contributed by atoms with Crippen molar-refractivity contribution < 1.29 is 22.7 Å². The van der Waals surface area contributed by atoms with E-state index >= 15 is 0 Å². The van der Waals surface area contributed by atoms with E-state index < -0.39 is 12.0 Å². The van der Waals surface area contributed by atoms with Gasteiger partial charge >= 0.3 is 12.2 Å². The quantitative estimate of drug-likeness (QED) is 0.655. The number of nitrogens with zero attached hydrogens (tertiary/aromatic N) is 7. The molecule has 2 aromatic rings. The third-order valence-corrected chi connectivity index (χ3v) is 8.33. The molecule has 2 amide bonds. The average Bonchev–Trinajstić information content (AvgIpc) is 3.44. The summed E-state index contributed by atoms with van der Waals surface area (Å²) < 4.78 is 45.5. The van der Waals surface area contributed by atoms with Crippen LogP contribution in [-0.2, 0) is 6.18 Å². The maximum absolute atomic E-state index is 12.9. The molecule has 0 atom stereocenters. The normalized spacial score (nSPS) is 25.1. The maximum Gasteiger partial charge on any atom is 0.451 e. The lowest BCUT2D eigenvalue weighted by Crippen LogP contribution is -2.71. The number of carbonyl (C=O) groups excluding carboxylic acids is 1. The maximum atomic E-state index is 12.9. The molecular formula is C23H26F3N7O2. The third-order valence-electron chi connectivity index (χ3n) is 8.33. The van der Waals surface area contributed by atoms with Crippen molar-refractivity contribution in [3.05, 3.63) is 30.4 Å². The lowest BCUT2D eigenvalue weighted by atomic mass is 9.60. The first-order chi connectivity index (χ1) is 16.7. The van der Waals surface area contributed by atoms with Crippen LogP contribution in [0.4, 0.5) is 18.0 Å². The first-order valence-electron chi connectivity index (χ1n) is 12.2. The molecule has 2 spiro atoms. The summed E-state index contributed by atoms with van der Waals surface area (Å²) in [5.74, 6) is 0.622. The van der Waals surface area contributed by atoms with E-state index in [0.29, 0.717) is 25.0 Å². The molecule has 0 aromatic carbocycles. The van der Waals surface area contributed by atoms with Crippen molar-refractivity contribution in [3.8, 4) is 5.75 Å². The Labute approximate surface area is 199 Å². The van der Waals surface area contributed by atoms with Gasteiger partial charge in [-0.25, -0.2) is 24.4 Å². The fourth-order valence-corrected chi connectivity index (χ4v) is 6.34. The summed E-state index contributed by atoms with van der Waals surface area (Å²) in [7, 11) is 0. The van der Waals surface area contributed by atoms with E-state index in [0.717, 1.165) is 57.0 Å². The molecule has 9 nitrogen and oxygen atoms in total. The third kappa shape index (κ3) is 3.63. The van der Waals surface area contributed by atoms with E-state index in [1.54, 1.807) is 0 Å². The van der Waals surface area contributed by atoms with Crippen molar-refractivity contribution >= 4 is 6.03 Å². The molecule has 3 saturated carbocycles. The Morgan fingerprint density at radius 3 is 2.11 bits per heavy atom. The second-order valence-electron chi connectivity index (χ2n) is 11.3. The number of likely N-dealkylation sites (tertiary alicyclic amines) is 2. The van der Waals surface area contributed by atoms with Crippen molar-refractivity contribution in [2.45, 2.75) is 62.8 Å². The van der Waals surface area contributed by atoms with Crippen LogP contribution in [0.3, 0.4) is 0 Å². The summed E-state index contributed by atoms with van der Waals surface area (Å²) >= 11 is 0. The number of aromatic nitrogens is 5. The van der Waals surface area contributed by atoms with Crippen LogP contribution in [0.25, 0.3) is 0 Å². The van der Waals surface area contributed by atoms with Crippen LogP contribution in [-0.4, -0.2) is 72.8 Å². The van der Waals surface area contributed by atoms with Gasteiger partial charge in [-0.05, 0) is 38.5 Å². The van der Waals surface area contributed by atoms with Gasteiger partial charge < -0.3 is 14.5 Å². The number of ether oxygens (including phenoxy) is 1. The number of alkyl halides is 3. The molecular weight excluding hydrogens is 463 g/mol. The standard InChI is InChI=1S/C23H26F3N7O2/c24-23(25,26)19-27-7-17(8-28-19)35-16-5-22(6-16)11-32(12-22)20(34)31-9-21(10-31)3-15(4-21)33-13-29-18(30-33)14-1-2-14/h7-8,13-16H,1-6,9-12H2. The molecule has 7 rings (SSSR count). The fourth-order valence-electron chi connectivity index (χ4n) is 6.34. The second kappa shape index (κ2) is 7.07. The molecule has 12 heteroatoms. The van der Waals surface area contributed by atoms with Crippen LogP contribution < -0.4 is 4.74 Å². The molecule has 3 aliphatic carbocycles. The molecule has 4 heterocycles. The van der Waals surface area contributed by atoms with Crippen molar-refractivity contribution in [1.82, 2.24) is 34.5 Å². The summed E-state index contributed by atoms with van der Waals surface area (Å²) in [6, 6.07) is 0.517. The zero-order chi connectivity index (χ0) is 24.0. The molecule has 2 aliphatic heterocycles. The Morgan fingerprint density at radius 2 is 1.54 bits per heavy atom. The van der Waals surface area contributed by atoms with Gasteiger partial charge in [-0.15, -0.1) is 0 Å². The van der Waals surface area contributed by atoms with E-state index in [-0.39, 0.29) is 28.7 Å². The average molecular weight is 490 g/mol. The van der Waals surface area contributed by atoms with Gasteiger partial charge in [0.05, 0.1) is 18.4 Å². The Hall–Kier alpha value is -2.92. The molecule has 5 aliphatic rings. The van der Waals surface area contributed by atoms with E-state index in [4.69, 9.17) is 4.74 Å². The predicted molar refractivity (Wildman–Crippen MR) is 114 cm³/mol. The topological polar surface area (TPSA) is 89.3 Å². The number of hydrogen-bond acceptors (Lipinski definition) is 6. The Kier molecular flexibility index (Phi) is 4.32. The van der Waals surface area contributed by atoms with Crippen LogP contribution in [0, 0.1) is 10.8 Å². The van der Waals surface area contributed by atoms with Gasteiger partial charge in [0.1, 0.15) is 12.4 Å². The number of carbonyl (C=O) groups is 1. The van der Waals surface area contributed by atoms with Gasteiger partial charge in [0.15, 0.2) is 11.6 Å². The lowest BCUT2D eigenvalue weighted by Gasteiger charge is -2.63. The van der Waals surface area contributed by atoms with Crippen LogP contribution in [0.15, 0.2) is 18.7 Å². The molecule has 5 fully saturated rings. The highest BCUT2D eigenvalue weighted by Crippen LogP contribution is 2.55. The molecule has 35 heavy (non-hydrogen) atoms. The van der Waals surface area contributed by atoms with E-state index in [1.165, 1.54) is 12.8 Å². The van der Waals surface area contributed by atoms with Gasteiger partial charge in [-0.1, -0.05) is 0 Å². The van der Waals surface area contributed by atoms with Gasteiger partial charge in [0.2, 0.25) is 5.82 Å². The van der Waals surface area contributed by atoms with Crippen LogP contribution in [0.1, 0.15) is 62.1 Å². The molecule has 0 radical (unpaired) electrons. The minimum absolute atomic E-state index is 0.0730. The second-order valence-corrected chi connectivity index (χ2v) is 11.3. The number of urea groups is 1. The molecule has 2 aromatic heterocycles. The smallest absolute Gasteiger partial charge is 0.451 e. The monoisotopic (exact) mass is 489 g/mol. The zero-order valence-electron chi connectivity index (χ0n) is 19.1. The largest absolute Gasteiger partial charge is 0.487 e. The van der Waals surface area contributed by atoms with Crippen LogP contribution in [0.5, 0.6) is 5.75 Å². The van der Waals surface area contributed by atoms with E-state index in [1.807, 2.05) is 20.8 Å². The fraction of sp³-hybridized carbons (Fsp3) is 0.696. The highest BCUT2D eigenvalue weighted by Gasteiger charge is 2.59.